The summed E-state index contributed by atoms with van der Waals surface area (Å²) in [5.74, 6) is 0.201. The van der Waals surface area contributed by atoms with Crippen LogP contribution in [0.15, 0.2) is 48.5 Å². The highest BCUT2D eigenvalue weighted by Gasteiger charge is 2.08. The first-order valence-corrected chi connectivity index (χ1v) is 6.92. The van der Waals surface area contributed by atoms with Gasteiger partial charge in [0.2, 0.25) is 0 Å². The number of hydrogen-bond donors (Lipinski definition) is 1. The molecule has 116 valence electrons. The monoisotopic (exact) mass is 305 g/mol. The Morgan fingerprint density at radius 1 is 1.00 bits per heavy atom. The van der Waals surface area contributed by atoms with Crippen molar-refractivity contribution in [3.05, 3.63) is 59.7 Å². The summed E-state index contributed by atoms with van der Waals surface area (Å²) in [6.45, 7) is 1.30. The van der Waals surface area contributed by atoms with Gasteiger partial charge in [-0.05, 0) is 47.9 Å². The smallest absolute Gasteiger partial charge is 0.387 e. The molecule has 0 radical (unpaired) electrons. The SMILES string of the molecule is CC(C)c1ccc(C(=O)Nc2ccc(OC(F)F)cc2)cc1. The van der Waals surface area contributed by atoms with E-state index in [-0.39, 0.29) is 11.7 Å². The number of anilines is 1. The van der Waals surface area contributed by atoms with Gasteiger partial charge in [-0.2, -0.15) is 8.78 Å². The fourth-order valence-corrected chi connectivity index (χ4v) is 1.94. The van der Waals surface area contributed by atoms with Gasteiger partial charge in [0, 0.05) is 11.3 Å². The van der Waals surface area contributed by atoms with E-state index in [4.69, 9.17) is 0 Å². The van der Waals surface area contributed by atoms with E-state index in [0.29, 0.717) is 17.2 Å². The molecule has 0 spiro atoms. The number of halogens is 2. The molecule has 2 aromatic carbocycles. The van der Waals surface area contributed by atoms with E-state index in [1.54, 1.807) is 12.1 Å². The van der Waals surface area contributed by atoms with Gasteiger partial charge >= 0.3 is 6.61 Å². The molecule has 5 heteroatoms. The van der Waals surface area contributed by atoms with Gasteiger partial charge in [-0.1, -0.05) is 26.0 Å². The maximum atomic E-state index is 12.1. The summed E-state index contributed by atoms with van der Waals surface area (Å²) in [4.78, 5) is 12.1. The molecular weight excluding hydrogens is 288 g/mol. The number of nitrogens with one attached hydrogen (secondary N) is 1. The second-order valence-corrected chi connectivity index (χ2v) is 5.13. The molecule has 0 bridgehead atoms. The quantitative estimate of drug-likeness (QED) is 0.872. The zero-order valence-electron chi connectivity index (χ0n) is 12.3. The minimum atomic E-state index is -2.86. The van der Waals surface area contributed by atoms with Crippen LogP contribution < -0.4 is 10.1 Å². The third kappa shape index (κ3) is 4.28. The molecule has 0 aliphatic heterocycles. The predicted molar refractivity (Wildman–Crippen MR) is 81.6 cm³/mol. The largest absolute Gasteiger partial charge is 0.435 e. The molecule has 0 saturated heterocycles. The van der Waals surface area contributed by atoms with Gasteiger partial charge in [0.05, 0.1) is 0 Å². The standard InChI is InChI=1S/C17H17F2NO2/c1-11(2)12-3-5-13(6-4-12)16(21)20-14-7-9-15(10-8-14)22-17(18)19/h3-11,17H,1-2H3,(H,20,21). The van der Waals surface area contributed by atoms with E-state index in [0.717, 1.165) is 5.56 Å². The minimum absolute atomic E-state index is 0.0503. The lowest BCUT2D eigenvalue weighted by atomic mass is 10.0. The van der Waals surface area contributed by atoms with Crippen LogP contribution in [-0.2, 0) is 0 Å². The average molecular weight is 305 g/mol. The van der Waals surface area contributed by atoms with Crippen molar-refractivity contribution < 1.29 is 18.3 Å². The number of rotatable bonds is 5. The van der Waals surface area contributed by atoms with Crippen LogP contribution in [-0.4, -0.2) is 12.5 Å². The Bertz CT molecular complexity index is 622. The van der Waals surface area contributed by atoms with Crippen LogP contribution >= 0.6 is 0 Å². The number of carbonyl (C=O) groups is 1. The lowest BCUT2D eigenvalue weighted by molar-refractivity contribution is -0.0498. The number of amides is 1. The van der Waals surface area contributed by atoms with Crippen molar-refractivity contribution in [3.63, 3.8) is 0 Å². The molecule has 22 heavy (non-hydrogen) atoms. The van der Waals surface area contributed by atoms with Crippen molar-refractivity contribution in [2.75, 3.05) is 5.32 Å². The summed E-state index contributed by atoms with van der Waals surface area (Å²) < 4.78 is 28.3. The normalized spacial score (nSPS) is 10.8. The Morgan fingerprint density at radius 2 is 1.59 bits per heavy atom. The Morgan fingerprint density at radius 3 is 2.09 bits per heavy atom. The lowest BCUT2D eigenvalue weighted by Crippen LogP contribution is -2.12. The molecule has 1 amide bonds. The Kier molecular flexibility index (Phi) is 5.09. The number of carbonyl (C=O) groups excluding carboxylic acids is 1. The van der Waals surface area contributed by atoms with E-state index in [2.05, 4.69) is 23.9 Å². The van der Waals surface area contributed by atoms with Gasteiger partial charge in [0.25, 0.3) is 5.91 Å². The van der Waals surface area contributed by atoms with Crippen LogP contribution in [0.3, 0.4) is 0 Å². The van der Waals surface area contributed by atoms with Crippen molar-refractivity contribution in [1.29, 1.82) is 0 Å². The van der Waals surface area contributed by atoms with Crippen molar-refractivity contribution in [2.24, 2.45) is 0 Å². The molecule has 0 saturated carbocycles. The molecule has 1 N–H and O–H groups in total. The Balaban J connectivity index is 2.02. The van der Waals surface area contributed by atoms with Crippen LogP contribution in [0, 0.1) is 0 Å². The van der Waals surface area contributed by atoms with Crippen molar-refractivity contribution in [1.82, 2.24) is 0 Å². The molecular formula is C17H17F2NO2. The number of ether oxygens (including phenoxy) is 1. The number of alkyl halides is 2. The van der Waals surface area contributed by atoms with Gasteiger partial charge in [-0.15, -0.1) is 0 Å². The van der Waals surface area contributed by atoms with E-state index in [1.807, 2.05) is 12.1 Å². The number of hydrogen-bond acceptors (Lipinski definition) is 2. The van der Waals surface area contributed by atoms with E-state index >= 15 is 0 Å². The molecule has 3 nitrogen and oxygen atoms in total. The summed E-state index contributed by atoms with van der Waals surface area (Å²) in [5.41, 5.74) is 2.21. The molecule has 2 rings (SSSR count). The Hall–Kier alpha value is -2.43. The fourth-order valence-electron chi connectivity index (χ4n) is 1.94. The predicted octanol–water partition coefficient (Wildman–Crippen LogP) is 4.66. The number of benzene rings is 2. The van der Waals surface area contributed by atoms with Crippen LogP contribution in [0.1, 0.15) is 35.7 Å². The molecule has 0 aliphatic rings. The Labute approximate surface area is 127 Å². The molecule has 0 unspecified atom stereocenters. The first-order chi connectivity index (χ1) is 10.5. The second kappa shape index (κ2) is 7.02. The van der Waals surface area contributed by atoms with Gasteiger partial charge in [0.1, 0.15) is 5.75 Å². The molecule has 0 aromatic heterocycles. The first-order valence-electron chi connectivity index (χ1n) is 6.92. The highest BCUT2D eigenvalue weighted by Crippen LogP contribution is 2.19. The third-order valence-electron chi connectivity index (χ3n) is 3.18. The van der Waals surface area contributed by atoms with Gasteiger partial charge in [-0.25, -0.2) is 0 Å². The zero-order valence-corrected chi connectivity index (χ0v) is 12.3. The van der Waals surface area contributed by atoms with Crippen molar-refractivity contribution >= 4 is 11.6 Å². The van der Waals surface area contributed by atoms with Crippen molar-refractivity contribution in [2.45, 2.75) is 26.4 Å². The highest BCUT2D eigenvalue weighted by atomic mass is 19.3. The molecule has 0 fully saturated rings. The van der Waals surface area contributed by atoms with E-state index in [9.17, 15) is 13.6 Å². The summed E-state index contributed by atoms with van der Waals surface area (Å²) >= 11 is 0. The van der Waals surface area contributed by atoms with Crippen LogP contribution in [0.2, 0.25) is 0 Å². The fraction of sp³-hybridized carbons (Fsp3) is 0.235. The van der Waals surface area contributed by atoms with E-state index < -0.39 is 6.61 Å². The van der Waals surface area contributed by atoms with Crippen LogP contribution in [0.5, 0.6) is 5.75 Å². The van der Waals surface area contributed by atoms with Gasteiger partial charge in [0.15, 0.2) is 0 Å². The summed E-state index contributed by atoms with van der Waals surface area (Å²) in [6, 6.07) is 13.1. The van der Waals surface area contributed by atoms with Gasteiger partial charge in [-0.3, -0.25) is 4.79 Å². The third-order valence-corrected chi connectivity index (χ3v) is 3.18. The van der Waals surface area contributed by atoms with Crippen LogP contribution in [0.25, 0.3) is 0 Å². The maximum absolute atomic E-state index is 12.1. The molecule has 0 aliphatic carbocycles. The first kappa shape index (κ1) is 15.9. The lowest BCUT2D eigenvalue weighted by Gasteiger charge is -2.09. The molecule has 2 aromatic rings. The zero-order chi connectivity index (χ0) is 16.1. The van der Waals surface area contributed by atoms with E-state index in [1.165, 1.54) is 24.3 Å². The summed E-state index contributed by atoms with van der Waals surface area (Å²) in [7, 11) is 0. The summed E-state index contributed by atoms with van der Waals surface area (Å²) in [6.07, 6.45) is 0. The highest BCUT2D eigenvalue weighted by molar-refractivity contribution is 6.04. The maximum Gasteiger partial charge on any atom is 0.387 e. The second-order valence-electron chi connectivity index (χ2n) is 5.13. The van der Waals surface area contributed by atoms with Crippen LogP contribution in [0.4, 0.5) is 14.5 Å². The van der Waals surface area contributed by atoms with Crippen molar-refractivity contribution in [3.8, 4) is 5.75 Å². The average Bonchev–Trinajstić information content (AvgIpc) is 2.49. The summed E-state index contributed by atoms with van der Waals surface area (Å²) in [5, 5.41) is 2.71. The molecule has 0 atom stereocenters. The minimum Gasteiger partial charge on any atom is -0.435 e. The topological polar surface area (TPSA) is 38.3 Å². The molecule has 0 heterocycles. The van der Waals surface area contributed by atoms with Gasteiger partial charge < -0.3 is 10.1 Å².